The molecule has 2 rings (SSSR count). The van der Waals surface area contributed by atoms with E-state index < -0.39 is 0 Å². The van der Waals surface area contributed by atoms with Crippen molar-refractivity contribution in [3.63, 3.8) is 0 Å². The molecular formula is C17H32. The predicted octanol–water partition coefficient (Wildman–Crippen LogP) is 5.52. The highest BCUT2D eigenvalue weighted by molar-refractivity contribution is 5.29. The molecule has 0 saturated heterocycles. The number of hydrogen-bond donors (Lipinski definition) is 0. The summed E-state index contributed by atoms with van der Waals surface area (Å²) >= 11 is 0. The van der Waals surface area contributed by atoms with E-state index in [-0.39, 0.29) is 0 Å². The second kappa shape index (κ2) is 2.63. The molecular weight excluding hydrogens is 204 g/mol. The smallest absolute Gasteiger partial charge is 0.0207 e. The first-order chi connectivity index (χ1) is 7.21. The maximum absolute atomic E-state index is 2.55. The highest BCUT2D eigenvalue weighted by Crippen LogP contribution is 2.88. The second-order valence-electron chi connectivity index (χ2n) is 9.34. The Morgan fingerprint density at radius 1 is 0.412 bits per heavy atom. The van der Waals surface area contributed by atoms with Gasteiger partial charge in [-0.1, -0.05) is 69.2 Å². The number of fused-ring (bicyclic) bond motifs is 2. The van der Waals surface area contributed by atoms with Crippen LogP contribution < -0.4 is 0 Å². The highest BCUT2D eigenvalue weighted by Gasteiger charge is 2.81. The van der Waals surface area contributed by atoms with Crippen molar-refractivity contribution in [2.75, 3.05) is 0 Å². The Hall–Kier alpha value is 0. The SMILES string of the molecule is CC1(C)C(C)(C)C2(C)CC1(C)C(C)(C)C2(C)C. The van der Waals surface area contributed by atoms with Crippen LogP contribution in [0.4, 0.5) is 0 Å². The van der Waals surface area contributed by atoms with Gasteiger partial charge in [0.05, 0.1) is 0 Å². The van der Waals surface area contributed by atoms with Crippen molar-refractivity contribution in [2.24, 2.45) is 32.5 Å². The zero-order valence-electron chi connectivity index (χ0n) is 13.7. The van der Waals surface area contributed by atoms with Crippen LogP contribution in [0.2, 0.25) is 0 Å². The average molecular weight is 236 g/mol. The zero-order valence-corrected chi connectivity index (χ0v) is 13.7. The normalized spacial score (nSPS) is 48.4. The van der Waals surface area contributed by atoms with E-state index >= 15 is 0 Å². The van der Waals surface area contributed by atoms with Gasteiger partial charge in [-0.05, 0) is 38.9 Å². The van der Waals surface area contributed by atoms with Crippen molar-refractivity contribution in [1.82, 2.24) is 0 Å². The largest absolute Gasteiger partial charge is 0.0588 e. The van der Waals surface area contributed by atoms with Gasteiger partial charge in [0.15, 0.2) is 0 Å². The molecule has 0 heterocycles. The summed E-state index contributed by atoms with van der Waals surface area (Å²) in [6.07, 6.45) is 1.38. The van der Waals surface area contributed by atoms with Crippen LogP contribution in [0.15, 0.2) is 0 Å². The van der Waals surface area contributed by atoms with Crippen LogP contribution in [0.1, 0.15) is 75.7 Å². The third kappa shape index (κ3) is 0.871. The van der Waals surface area contributed by atoms with Gasteiger partial charge in [0, 0.05) is 0 Å². The van der Waals surface area contributed by atoms with Crippen molar-refractivity contribution in [3.05, 3.63) is 0 Å². The molecule has 100 valence electrons. The summed E-state index contributed by atoms with van der Waals surface area (Å²) in [6.45, 7) is 25.2. The van der Waals surface area contributed by atoms with Gasteiger partial charge in [-0.15, -0.1) is 0 Å². The summed E-state index contributed by atoms with van der Waals surface area (Å²) in [5.41, 5.74) is 2.45. The van der Waals surface area contributed by atoms with Crippen molar-refractivity contribution < 1.29 is 0 Å². The molecule has 0 unspecified atom stereocenters. The lowest BCUT2D eigenvalue weighted by Gasteiger charge is -2.67. The van der Waals surface area contributed by atoms with Crippen LogP contribution in [0.3, 0.4) is 0 Å². The third-order valence-corrected chi connectivity index (χ3v) is 9.35. The van der Waals surface area contributed by atoms with Crippen LogP contribution in [0, 0.1) is 32.5 Å². The van der Waals surface area contributed by atoms with Crippen LogP contribution in [-0.2, 0) is 0 Å². The first-order valence-corrected chi connectivity index (χ1v) is 7.21. The topological polar surface area (TPSA) is 0 Å². The monoisotopic (exact) mass is 236 g/mol. The van der Waals surface area contributed by atoms with Crippen LogP contribution in [0.5, 0.6) is 0 Å². The average Bonchev–Trinajstić information content (AvgIpc) is 2.31. The molecule has 0 atom stereocenters. The van der Waals surface area contributed by atoms with Gasteiger partial charge in [0.25, 0.3) is 0 Å². The van der Waals surface area contributed by atoms with E-state index in [9.17, 15) is 0 Å². The predicted molar refractivity (Wildman–Crippen MR) is 76.0 cm³/mol. The Kier molecular flexibility index (Phi) is 2.08. The van der Waals surface area contributed by atoms with Gasteiger partial charge in [0.1, 0.15) is 0 Å². The van der Waals surface area contributed by atoms with Crippen LogP contribution in [-0.4, -0.2) is 0 Å². The fraction of sp³-hybridized carbons (Fsp3) is 1.00. The van der Waals surface area contributed by atoms with Gasteiger partial charge >= 0.3 is 0 Å². The van der Waals surface area contributed by atoms with E-state index in [4.69, 9.17) is 0 Å². The van der Waals surface area contributed by atoms with E-state index in [1.165, 1.54) is 6.42 Å². The van der Waals surface area contributed by atoms with Crippen LogP contribution >= 0.6 is 0 Å². The first kappa shape index (κ1) is 13.4. The van der Waals surface area contributed by atoms with E-state index in [0.717, 1.165) is 0 Å². The lowest BCUT2D eigenvalue weighted by molar-refractivity contribution is -0.193. The summed E-state index contributed by atoms with van der Waals surface area (Å²) in [5, 5.41) is 0. The molecule has 2 aliphatic carbocycles. The summed E-state index contributed by atoms with van der Waals surface area (Å²) in [7, 11) is 0. The van der Waals surface area contributed by atoms with Gasteiger partial charge < -0.3 is 0 Å². The lowest BCUT2D eigenvalue weighted by atomic mass is 9.37. The Morgan fingerprint density at radius 2 is 0.588 bits per heavy atom. The molecule has 2 bridgehead atoms. The lowest BCUT2D eigenvalue weighted by Crippen LogP contribution is -2.61. The molecule has 0 N–H and O–H groups in total. The number of hydrogen-bond acceptors (Lipinski definition) is 0. The molecule has 0 aromatic carbocycles. The standard InChI is InChI=1S/C17H32/c1-12(2)13(3,4)17(10)11-16(12,9)14(5,6)15(17,7)8/h11H2,1-10H3. The maximum atomic E-state index is 2.55. The molecule has 0 spiro atoms. The van der Waals surface area contributed by atoms with Crippen LogP contribution in [0.25, 0.3) is 0 Å². The minimum absolute atomic E-state index is 0.397. The molecule has 0 aliphatic heterocycles. The minimum Gasteiger partial charge on any atom is -0.0588 e. The molecule has 2 fully saturated rings. The second-order valence-corrected chi connectivity index (χ2v) is 9.34. The van der Waals surface area contributed by atoms with Gasteiger partial charge in [-0.2, -0.15) is 0 Å². The Balaban J connectivity index is 2.79. The van der Waals surface area contributed by atoms with Crippen molar-refractivity contribution in [2.45, 2.75) is 75.7 Å². The van der Waals surface area contributed by atoms with Gasteiger partial charge in [-0.25, -0.2) is 0 Å². The van der Waals surface area contributed by atoms with Gasteiger partial charge in [0.2, 0.25) is 0 Å². The number of rotatable bonds is 0. The fourth-order valence-corrected chi connectivity index (χ4v) is 5.91. The molecule has 0 aromatic rings. The fourth-order valence-electron chi connectivity index (χ4n) is 5.91. The molecule has 2 aliphatic rings. The Morgan fingerprint density at radius 3 is 0.706 bits per heavy atom. The minimum atomic E-state index is 0.397. The van der Waals surface area contributed by atoms with Crippen molar-refractivity contribution >= 4 is 0 Å². The van der Waals surface area contributed by atoms with E-state index in [1.54, 1.807) is 0 Å². The zero-order chi connectivity index (χ0) is 13.7. The quantitative estimate of drug-likeness (QED) is 0.519. The maximum Gasteiger partial charge on any atom is -0.0207 e. The van der Waals surface area contributed by atoms with Gasteiger partial charge in [-0.3, -0.25) is 0 Å². The van der Waals surface area contributed by atoms with E-state index in [0.29, 0.717) is 32.5 Å². The summed E-state index contributed by atoms with van der Waals surface area (Å²) in [5.74, 6) is 0. The summed E-state index contributed by atoms with van der Waals surface area (Å²) in [6, 6.07) is 0. The summed E-state index contributed by atoms with van der Waals surface area (Å²) in [4.78, 5) is 0. The Bertz CT molecular complexity index is 301. The molecule has 0 amide bonds. The molecule has 17 heavy (non-hydrogen) atoms. The molecule has 2 saturated carbocycles. The van der Waals surface area contributed by atoms with Crippen molar-refractivity contribution in [3.8, 4) is 0 Å². The molecule has 0 nitrogen and oxygen atoms in total. The summed E-state index contributed by atoms with van der Waals surface area (Å²) < 4.78 is 0. The molecule has 0 aromatic heterocycles. The first-order valence-electron chi connectivity index (χ1n) is 7.21. The van der Waals surface area contributed by atoms with E-state index in [1.807, 2.05) is 0 Å². The third-order valence-electron chi connectivity index (χ3n) is 9.35. The molecule has 0 heteroatoms. The van der Waals surface area contributed by atoms with Crippen molar-refractivity contribution in [1.29, 1.82) is 0 Å². The Labute approximate surface area is 109 Å². The highest BCUT2D eigenvalue weighted by atomic mass is 14.9. The molecule has 0 radical (unpaired) electrons. The van der Waals surface area contributed by atoms with E-state index in [2.05, 4.69) is 69.2 Å².